The molecule has 4 nitrogen and oxygen atoms in total. The molecule has 1 aliphatic heterocycles. The van der Waals surface area contributed by atoms with Gasteiger partial charge < -0.3 is 14.2 Å². The highest BCUT2D eigenvalue weighted by Gasteiger charge is 2.22. The molecule has 0 atom stereocenters. The molecule has 146 valence electrons. The average Bonchev–Trinajstić information content (AvgIpc) is 2.70. The minimum atomic E-state index is -0.261. The van der Waals surface area contributed by atoms with Crippen molar-refractivity contribution in [3.8, 4) is 0 Å². The zero-order valence-corrected chi connectivity index (χ0v) is 17.2. The Bertz CT molecular complexity index is 1050. The topological polar surface area (TPSA) is 37.9 Å². The lowest BCUT2D eigenvalue weighted by atomic mass is 10.1. The number of quaternary nitrogens is 1. The molecule has 0 radical (unpaired) electrons. The molecule has 0 unspecified atom stereocenters. The van der Waals surface area contributed by atoms with E-state index in [9.17, 15) is 4.79 Å². The number of benzene rings is 2. The third kappa shape index (κ3) is 3.94. The van der Waals surface area contributed by atoms with E-state index < -0.39 is 0 Å². The van der Waals surface area contributed by atoms with Crippen molar-refractivity contribution >= 4 is 28.3 Å². The van der Waals surface area contributed by atoms with Gasteiger partial charge in [0.05, 0.1) is 26.2 Å². The van der Waals surface area contributed by atoms with E-state index in [0.29, 0.717) is 5.58 Å². The van der Waals surface area contributed by atoms with Gasteiger partial charge in [0.2, 0.25) is 0 Å². The lowest BCUT2D eigenvalue weighted by molar-refractivity contribution is -0.914. The molecule has 0 amide bonds. The maximum absolute atomic E-state index is 12.1. The summed E-state index contributed by atoms with van der Waals surface area (Å²) in [6.07, 6.45) is 0.931. The Labute approximate surface area is 170 Å². The third-order valence-corrected chi connectivity index (χ3v) is 5.96. The third-order valence-electron chi connectivity index (χ3n) is 5.73. The van der Waals surface area contributed by atoms with E-state index in [1.54, 1.807) is 6.07 Å². The first-order valence-electron chi connectivity index (χ1n) is 9.94. The SMILES string of the molecule is CCc1ccc2c(C[NH+]3CCN(c4cc(Cl)ccc4C)CC3)cc(=O)oc2c1. The first-order valence-corrected chi connectivity index (χ1v) is 10.3. The van der Waals surface area contributed by atoms with E-state index in [1.807, 2.05) is 12.1 Å². The van der Waals surface area contributed by atoms with Crippen LogP contribution in [0, 0.1) is 6.92 Å². The van der Waals surface area contributed by atoms with E-state index in [-0.39, 0.29) is 5.63 Å². The maximum atomic E-state index is 12.1. The first-order chi connectivity index (χ1) is 13.5. The Morgan fingerprint density at radius 3 is 2.64 bits per heavy atom. The fourth-order valence-corrected chi connectivity index (χ4v) is 4.24. The van der Waals surface area contributed by atoms with Gasteiger partial charge in [-0.2, -0.15) is 0 Å². The summed E-state index contributed by atoms with van der Waals surface area (Å²) in [6, 6.07) is 14.0. The van der Waals surface area contributed by atoms with Crippen molar-refractivity contribution in [1.29, 1.82) is 0 Å². The van der Waals surface area contributed by atoms with Crippen molar-refractivity contribution in [1.82, 2.24) is 0 Å². The molecule has 1 saturated heterocycles. The van der Waals surface area contributed by atoms with Gasteiger partial charge in [-0.1, -0.05) is 36.7 Å². The van der Waals surface area contributed by atoms with Gasteiger partial charge in [-0.05, 0) is 42.7 Å². The van der Waals surface area contributed by atoms with Gasteiger partial charge >= 0.3 is 5.63 Å². The van der Waals surface area contributed by atoms with Crippen molar-refractivity contribution in [2.24, 2.45) is 0 Å². The molecule has 1 aromatic heterocycles. The normalized spacial score (nSPS) is 15.3. The van der Waals surface area contributed by atoms with E-state index in [1.165, 1.54) is 21.7 Å². The standard InChI is InChI=1S/C23H25ClN2O2/c1-3-17-5-7-20-18(13-23(27)28-22(20)12-17)15-25-8-10-26(11-9-25)21-14-19(24)6-4-16(21)2/h4-7,12-14H,3,8-11,15H2,1-2H3/p+1. The van der Waals surface area contributed by atoms with Crippen LogP contribution in [0.3, 0.4) is 0 Å². The minimum absolute atomic E-state index is 0.261. The summed E-state index contributed by atoms with van der Waals surface area (Å²) in [5.74, 6) is 0. The molecule has 2 heterocycles. The second-order valence-corrected chi connectivity index (χ2v) is 8.06. The van der Waals surface area contributed by atoms with E-state index in [2.05, 4.69) is 43.0 Å². The quantitative estimate of drug-likeness (QED) is 0.687. The molecule has 0 saturated carbocycles. The molecular formula is C23H26ClN2O2+. The Balaban J connectivity index is 1.51. The van der Waals surface area contributed by atoms with Crippen LogP contribution in [0.4, 0.5) is 5.69 Å². The fraction of sp³-hybridized carbons (Fsp3) is 0.348. The second kappa shape index (κ2) is 7.98. The highest BCUT2D eigenvalue weighted by Crippen LogP contribution is 2.24. The molecule has 3 aromatic rings. The van der Waals surface area contributed by atoms with Crippen LogP contribution < -0.4 is 15.4 Å². The largest absolute Gasteiger partial charge is 0.423 e. The summed E-state index contributed by atoms with van der Waals surface area (Å²) in [6.45, 7) is 9.10. The molecule has 0 spiro atoms. The second-order valence-electron chi connectivity index (χ2n) is 7.62. The highest BCUT2D eigenvalue weighted by molar-refractivity contribution is 6.30. The number of hydrogen-bond acceptors (Lipinski definition) is 3. The van der Waals surface area contributed by atoms with Gasteiger partial charge in [-0.15, -0.1) is 0 Å². The van der Waals surface area contributed by atoms with Crippen LogP contribution >= 0.6 is 11.6 Å². The summed E-state index contributed by atoms with van der Waals surface area (Å²) < 4.78 is 5.45. The van der Waals surface area contributed by atoms with Gasteiger partial charge in [0.15, 0.2) is 0 Å². The van der Waals surface area contributed by atoms with Crippen molar-refractivity contribution in [2.45, 2.75) is 26.8 Å². The number of anilines is 1. The monoisotopic (exact) mass is 397 g/mol. The van der Waals surface area contributed by atoms with Crippen molar-refractivity contribution in [3.63, 3.8) is 0 Å². The summed E-state index contributed by atoms with van der Waals surface area (Å²) in [5.41, 5.74) is 5.19. The van der Waals surface area contributed by atoms with Crippen LogP contribution in [0.2, 0.25) is 5.02 Å². The average molecular weight is 398 g/mol. The molecule has 28 heavy (non-hydrogen) atoms. The lowest BCUT2D eigenvalue weighted by Gasteiger charge is -2.34. The summed E-state index contributed by atoms with van der Waals surface area (Å²) in [7, 11) is 0. The zero-order chi connectivity index (χ0) is 19.7. The molecule has 0 bridgehead atoms. The predicted octanol–water partition coefficient (Wildman–Crippen LogP) is 3.22. The van der Waals surface area contributed by atoms with Crippen LogP contribution in [0.1, 0.15) is 23.6 Å². The number of halogens is 1. The van der Waals surface area contributed by atoms with Gasteiger partial charge in [0, 0.05) is 27.7 Å². The molecule has 1 fully saturated rings. The molecule has 0 aliphatic carbocycles. The van der Waals surface area contributed by atoms with Crippen LogP contribution in [0.5, 0.6) is 0 Å². The summed E-state index contributed by atoms with van der Waals surface area (Å²) >= 11 is 6.19. The zero-order valence-electron chi connectivity index (χ0n) is 16.4. The summed E-state index contributed by atoms with van der Waals surface area (Å²) in [5, 5.41) is 1.83. The van der Waals surface area contributed by atoms with Crippen LogP contribution in [-0.2, 0) is 13.0 Å². The summed E-state index contributed by atoms with van der Waals surface area (Å²) in [4.78, 5) is 16.0. The van der Waals surface area contributed by atoms with Gasteiger partial charge in [0.25, 0.3) is 0 Å². The van der Waals surface area contributed by atoms with Crippen molar-refractivity contribution < 1.29 is 9.32 Å². The van der Waals surface area contributed by atoms with Crippen LogP contribution in [0.25, 0.3) is 11.0 Å². The van der Waals surface area contributed by atoms with Crippen LogP contribution in [-0.4, -0.2) is 26.2 Å². The Morgan fingerprint density at radius 1 is 1.11 bits per heavy atom. The molecular weight excluding hydrogens is 372 g/mol. The first kappa shape index (κ1) is 19.0. The van der Waals surface area contributed by atoms with Crippen LogP contribution in [0.15, 0.2) is 51.7 Å². The Kier molecular flexibility index (Phi) is 5.42. The van der Waals surface area contributed by atoms with Crippen molar-refractivity contribution in [3.05, 3.63) is 74.6 Å². The van der Waals surface area contributed by atoms with E-state index in [4.69, 9.17) is 16.0 Å². The number of nitrogens with one attached hydrogen (secondary N) is 1. The Morgan fingerprint density at radius 2 is 1.89 bits per heavy atom. The number of rotatable bonds is 4. The molecule has 5 heteroatoms. The molecule has 4 rings (SSSR count). The number of fused-ring (bicyclic) bond motifs is 1. The predicted molar refractivity (Wildman–Crippen MR) is 115 cm³/mol. The fourth-order valence-electron chi connectivity index (χ4n) is 4.07. The van der Waals surface area contributed by atoms with Gasteiger partial charge in [0.1, 0.15) is 12.1 Å². The molecule has 1 N–H and O–H groups in total. The van der Waals surface area contributed by atoms with Gasteiger partial charge in [-0.25, -0.2) is 4.79 Å². The lowest BCUT2D eigenvalue weighted by Crippen LogP contribution is -3.13. The van der Waals surface area contributed by atoms with Crippen molar-refractivity contribution in [2.75, 3.05) is 31.1 Å². The number of piperazine rings is 1. The Hall–Kier alpha value is -2.30. The number of nitrogens with zero attached hydrogens (tertiary/aromatic N) is 1. The molecule has 2 aromatic carbocycles. The highest BCUT2D eigenvalue weighted by atomic mass is 35.5. The van der Waals surface area contributed by atoms with E-state index in [0.717, 1.165) is 55.1 Å². The van der Waals surface area contributed by atoms with Gasteiger partial charge in [-0.3, -0.25) is 0 Å². The smallest absolute Gasteiger partial charge is 0.336 e. The number of aryl methyl sites for hydroxylation is 2. The maximum Gasteiger partial charge on any atom is 0.336 e. The minimum Gasteiger partial charge on any atom is -0.423 e. The van der Waals surface area contributed by atoms with E-state index >= 15 is 0 Å². The molecule has 1 aliphatic rings. The number of hydrogen-bond donors (Lipinski definition) is 1.